The Balaban J connectivity index is 2.28. The molecule has 0 aliphatic carbocycles. The molecular formula is C13H19N3O2. The Morgan fingerprint density at radius 3 is 2.56 bits per heavy atom. The first kappa shape index (κ1) is 14.2. The first-order valence-electron chi connectivity index (χ1n) is 6.13. The number of hydrogen-bond donors (Lipinski definition) is 1. The number of nitrogens with one attached hydrogen (secondary N) is 1. The number of nitriles is 1. The maximum atomic E-state index is 11.7. The molecule has 1 aliphatic rings. The minimum atomic E-state index is -0.224. The quantitative estimate of drug-likeness (QED) is 0.750. The normalized spacial score (nSPS) is 15.9. The van der Waals surface area contributed by atoms with Crippen molar-refractivity contribution in [2.24, 2.45) is 5.92 Å². The van der Waals surface area contributed by atoms with E-state index in [4.69, 9.17) is 5.26 Å². The van der Waals surface area contributed by atoms with E-state index in [9.17, 15) is 9.59 Å². The molecule has 0 bridgehead atoms. The van der Waals surface area contributed by atoms with Crippen molar-refractivity contribution < 1.29 is 9.59 Å². The average molecular weight is 249 g/mol. The van der Waals surface area contributed by atoms with E-state index in [1.807, 2.05) is 6.07 Å². The highest BCUT2D eigenvalue weighted by Crippen LogP contribution is 2.17. The predicted octanol–water partition coefficient (Wildman–Crippen LogP) is 0.831. The summed E-state index contributed by atoms with van der Waals surface area (Å²) >= 11 is 0. The SMILES string of the molecule is C=C(C)C(=O)N1CCC(CNC(=O)CC#N)CC1. The lowest BCUT2D eigenvalue weighted by molar-refractivity contribution is -0.128. The van der Waals surface area contributed by atoms with Crippen LogP contribution in [-0.2, 0) is 9.59 Å². The first-order chi connectivity index (χ1) is 8.54. The number of likely N-dealkylation sites (tertiary alicyclic amines) is 1. The van der Waals surface area contributed by atoms with Crippen LogP contribution in [0.4, 0.5) is 0 Å². The molecule has 1 rings (SSSR count). The summed E-state index contributed by atoms with van der Waals surface area (Å²) < 4.78 is 0. The topological polar surface area (TPSA) is 73.2 Å². The number of carbonyl (C=O) groups is 2. The minimum absolute atomic E-state index is 0.0157. The molecule has 5 heteroatoms. The lowest BCUT2D eigenvalue weighted by Gasteiger charge is -2.32. The van der Waals surface area contributed by atoms with E-state index in [2.05, 4.69) is 11.9 Å². The van der Waals surface area contributed by atoms with Gasteiger partial charge in [-0.25, -0.2) is 0 Å². The molecule has 1 fully saturated rings. The fourth-order valence-corrected chi connectivity index (χ4v) is 2.00. The average Bonchev–Trinajstić information content (AvgIpc) is 2.36. The number of hydrogen-bond acceptors (Lipinski definition) is 3. The van der Waals surface area contributed by atoms with Crippen molar-refractivity contribution >= 4 is 11.8 Å². The van der Waals surface area contributed by atoms with Crippen LogP contribution in [-0.4, -0.2) is 36.3 Å². The number of amides is 2. The Labute approximate surface area is 107 Å². The van der Waals surface area contributed by atoms with E-state index < -0.39 is 0 Å². The molecule has 0 atom stereocenters. The molecule has 0 aromatic rings. The van der Waals surface area contributed by atoms with Crippen LogP contribution in [0.3, 0.4) is 0 Å². The molecule has 0 radical (unpaired) electrons. The van der Waals surface area contributed by atoms with Gasteiger partial charge in [0.05, 0.1) is 6.07 Å². The molecule has 1 heterocycles. The summed E-state index contributed by atoms with van der Waals surface area (Å²) in [5, 5.41) is 11.1. The Morgan fingerprint density at radius 1 is 1.44 bits per heavy atom. The Morgan fingerprint density at radius 2 is 2.06 bits per heavy atom. The first-order valence-corrected chi connectivity index (χ1v) is 6.13. The highest BCUT2D eigenvalue weighted by atomic mass is 16.2. The zero-order chi connectivity index (χ0) is 13.5. The van der Waals surface area contributed by atoms with Crippen LogP contribution in [0.1, 0.15) is 26.2 Å². The van der Waals surface area contributed by atoms with Crippen LogP contribution >= 0.6 is 0 Å². The van der Waals surface area contributed by atoms with Crippen LogP contribution in [0, 0.1) is 17.2 Å². The third-order valence-electron chi connectivity index (χ3n) is 3.09. The molecule has 0 saturated carbocycles. The molecule has 0 spiro atoms. The van der Waals surface area contributed by atoms with Gasteiger partial charge < -0.3 is 10.2 Å². The van der Waals surface area contributed by atoms with Crippen LogP contribution in [0.25, 0.3) is 0 Å². The van der Waals surface area contributed by atoms with Crippen molar-refractivity contribution in [1.29, 1.82) is 5.26 Å². The predicted molar refractivity (Wildman–Crippen MR) is 67.4 cm³/mol. The number of nitrogens with zero attached hydrogens (tertiary/aromatic N) is 2. The largest absolute Gasteiger partial charge is 0.355 e. The van der Waals surface area contributed by atoms with Gasteiger partial charge in [-0.2, -0.15) is 5.26 Å². The van der Waals surface area contributed by atoms with E-state index in [1.54, 1.807) is 11.8 Å². The zero-order valence-electron chi connectivity index (χ0n) is 10.7. The van der Waals surface area contributed by atoms with Gasteiger partial charge in [0.15, 0.2) is 0 Å². The van der Waals surface area contributed by atoms with Gasteiger partial charge in [-0.1, -0.05) is 6.58 Å². The molecule has 18 heavy (non-hydrogen) atoms. The third kappa shape index (κ3) is 4.21. The monoisotopic (exact) mass is 249 g/mol. The Hall–Kier alpha value is -1.83. The van der Waals surface area contributed by atoms with Gasteiger partial charge >= 0.3 is 0 Å². The van der Waals surface area contributed by atoms with Gasteiger partial charge in [-0.05, 0) is 25.7 Å². The minimum Gasteiger partial charge on any atom is -0.355 e. The molecule has 5 nitrogen and oxygen atoms in total. The summed E-state index contributed by atoms with van der Waals surface area (Å²) in [6.07, 6.45) is 1.67. The molecule has 98 valence electrons. The smallest absolute Gasteiger partial charge is 0.248 e. The second-order valence-electron chi connectivity index (χ2n) is 4.65. The highest BCUT2D eigenvalue weighted by molar-refractivity contribution is 5.92. The van der Waals surface area contributed by atoms with Gasteiger partial charge in [-0.15, -0.1) is 0 Å². The van der Waals surface area contributed by atoms with Crippen molar-refractivity contribution in [2.75, 3.05) is 19.6 Å². The molecule has 0 aromatic carbocycles. The molecular weight excluding hydrogens is 230 g/mol. The lowest BCUT2D eigenvalue weighted by atomic mass is 9.96. The molecule has 1 N–H and O–H groups in total. The summed E-state index contributed by atoms with van der Waals surface area (Å²) in [5.41, 5.74) is 0.566. The number of piperidine rings is 1. The van der Waals surface area contributed by atoms with Gasteiger partial charge in [0.2, 0.25) is 11.8 Å². The van der Waals surface area contributed by atoms with Gasteiger partial charge in [0.1, 0.15) is 6.42 Å². The van der Waals surface area contributed by atoms with Crippen LogP contribution in [0.5, 0.6) is 0 Å². The number of carbonyl (C=O) groups excluding carboxylic acids is 2. The molecule has 1 aliphatic heterocycles. The maximum Gasteiger partial charge on any atom is 0.248 e. The van der Waals surface area contributed by atoms with Crippen LogP contribution < -0.4 is 5.32 Å². The highest BCUT2D eigenvalue weighted by Gasteiger charge is 2.23. The van der Waals surface area contributed by atoms with Gasteiger partial charge in [-0.3, -0.25) is 9.59 Å². The van der Waals surface area contributed by atoms with Crippen molar-refractivity contribution in [3.8, 4) is 6.07 Å². The summed E-state index contributed by atoms with van der Waals surface area (Å²) in [4.78, 5) is 24.6. The number of rotatable bonds is 4. The van der Waals surface area contributed by atoms with Gasteiger partial charge in [0.25, 0.3) is 0 Å². The Kier molecular flexibility index (Phi) is 5.37. The second kappa shape index (κ2) is 6.80. The fraction of sp³-hybridized carbons (Fsp3) is 0.615. The van der Waals surface area contributed by atoms with Gasteiger partial charge in [0, 0.05) is 25.2 Å². The van der Waals surface area contributed by atoms with Crippen molar-refractivity contribution in [1.82, 2.24) is 10.2 Å². The van der Waals surface area contributed by atoms with E-state index in [0.717, 1.165) is 12.8 Å². The van der Waals surface area contributed by atoms with E-state index in [0.29, 0.717) is 31.1 Å². The van der Waals surface area contributed by atoms with E-state index in [-0.39, 0.29) is 18.2 Å². The summed E-state index contributed by atoms with van der Waals surface area (Å²) in [6, 6.07) is 1.82. The summed E-state index contributed by atoms with van der Waals surface area (Å²) in [7, 11) is 0. The molecule has 1 saturated heterocycles. The second-order valence-corrected chi connectivity index (χ2v) is 4.65. The third-order valence-corrected chi connectivity index (χ3v) is 3.09. The molecule has 0 aromatic heterocycles. The Bertz CT molecular complexity index is 376. The van der Waals surface area contributed by atoms with Crippen LogP contribution in [0.2, 0.25) is 0 Å². The van der Waals surface area contributed by atoms with Crippen molar-refractivity contribution in [3.05, 3.63) is 12.2 Å². The fourth-order valence-electron chi connectivity index (χ4n) is 2.00. The van der Waals surface area contributed by atoms with Crippen molar-refractivity contribution in [2.45, 2.75) is 26.2 Å². The van der Waals surface area contributed by atoms with E-state index in [1.165, 1.54) is 0 Å². The molecule has 2 amide bonds. The molecule has 0 unspecified atom stereocenters. The summed E-state index contributed by atoms with van der Waals surface area (Å²) in [6.45, 7) is 7.39. The van der Waals surface area contributed by atoms with Crippen LogP contribution in [0.15, 0.2) is 12.2 Å². The summed E-state index contributed by atoms with van der Waals surface area (Å²) in [5.74, 6) is 0.182. The maximum absolute atomic E-state index is 11.7. The standard InChI is InChI=1S/C13H19N3O2/c1-10(2)13(18)16-7-4-11(5-8-16)9-15-12(17)3-6-14/h11H,1,3-5,7-9H2,2H3,(H,15,17). The lowest BCUT2D eigenvalue weighted by Crippen LogP contribution is -2.41. The van der Waals surface area contributed by atoms with Crippen molar-refractivity contribution in [3.63, 3.8) is 0 Å². The zero-order valence-corrected chi connectivity index (χ0v) is 10.7. The van der Waals surface area contributed by atoms with E-state index >= 15 is 0 Å².